The second-order valence-corrected chi connectivity index (χ2v) is 4.68. The summed E-state index contributed by atoms with van der Waals surface area (Å²) in [6.07, 6.45) is 2.69. The van der Waals surface area contributed by atoms with E-state index in [0.29, 0.717) is 12.5 Å². The van der Waals surface area contributed by atoms with E-state index in [1.165, 1.54) is 0 Å². The Hall–Kier alpha value is -3.16. The van der Waals surface area contributed by atoms with Gasteiger partial charge in [-0.25, -0.2) is 9.97 Å². The summed E-state index contributed by atoms with van der Waals surface area (Å²) in [6.45, 7) is 0.488. The number of aromatic nitrogens is 4. The number of nitrogens with zero attached hydrogens (tertiary/aromatic N) is 2. The van der Waals surface area contributed by atoms with Gasteiger partial charge in [0, 0.05) is 19.8 Å². The van der Waals surface area contributed by atoms with E-state index in [2.05, 4.69) is 30.6 Å². The third kappa shape index (κ3) is 2.53. The van der Waals surface area contributed by atoms with E-state index in [-0.39, 0.29) is 16.9 Å². The molecule has 0 saturated heterocycles. The van der Waals surface area contributed by atoms with Gasteiger partial charge in [0.2, 0.25) is 5.95 Å². The molecular weight excluding hydrogens is 282 g/mol. The smallest absolute Gasteiger partial charge is 0.276 e. The van der Waals surface area contributed by atoms with Gasteiger partial charge >= 0.3 is 0 Å². The molecule has 0 unspecified atom stereocenters. The van der Waals surface area contributed by atoms with Crippen LogP contribution in [-0.2, 0) is 6.54 Å². The Balaban J connectivity index is 1.82. The van der Waals surface area contributed by atoms with E-state index in [1.807, 2.05) is 18.2 Å². The lowest BCUT2D eigenvalue weighted by Crippen LogP contribution is -2.19. The number of imidazole rings is 1. The number of anilines is 2. The SMILES string of the molecule is CNc1c(C=N)nc(NCc2ccc3[nH]cnc3c2)[nH]c1=O. The Kier molecular flexibility index (Phi) is 3.57. The molecule has 0 saturated carbocycles. The molecule has 2 heterocycles. The first-order valence-electron chi connectivity index (χ1n) is 6.69. The molecule has 0 aliphatic heterocycles. The highest BCUT2D eigenvalue weighted by molar-refractivity contribution is 5.83. The largest absolute Gasteiger partial charge is 0.382 e. The molecule has 22 heavy (non-hydrogen) atoms. The van der Waals surface area contributed by atoms with Gasteiger partial charge in [-0.05, 0) is 17.7 Å². The molecular formula is C14H15N7O. The van der Waals surface area contributed by atoms with E-state index in [4.69, 9.17) is 5.41 Å². The highest BCUT2D eigenvalue weighted by Crippen LogP contribution is 2.13. The third-order valence-corrected chi connectivity index (χ3v) is 3.28. The van der Waals surface area contributed by atoms with Gasteiger partial charge < -0.3 is 21.0 Å². The van der Waals surface area contributed by atoms with Crippen LogP contribution >= 0.6 is 0 Å². The molecule has 2 aromatic heterocycles. The van der Waals surface area contributed by atoms with E-state index in [1.54, 1.807) is 13.4 Å². The Morgan fingerprint density at radius 2 is 2.27 bits per heavy atom. The summed E-state index contributed by atoms with van der Waals surface area (Å²) in [7, 11) is 1.62. The van der Waals surface area contributed by atoms with Crippen LogP contribution in [0.5, 0.6) is 0 Å². The first kappa shape index (κ1) is 13.8. The van der Waals surface area contributed by atoms with E-state index < -0.39 is 0 Å². The third-order valence-electron chi connectivity index (χ3n) is 3.28. The predicted octanol–water partition coefficient (Wildman–Crippen LogP) is 1.30. The first-order chi connectivity index (χ1) is 10.7. The zero-order valence-electron chi connectivity index (χ0n) is 11.9. The average molecular weight is 297 g/mol. The zero-order valence-corrected chi connectivity index (χ0v) is 11.9. The van der Waals surface area contributed by atoms with Crippen LogP contribution in [0.1, 0.15) is 11.3 Å². The molecule has 0 fully saturated rings. The lowest BCUT2D eigenvalue weighted by molar-refractivity contribution is 1.03. The molecule has 0 spiro atoms. The highest BCUT2D eigenvalue weighted by atomic mass is 16.1. The van der Waals surface area contributed by atoms with E-state index >= 15 is 0 Å². The molecule has 0 aliphatic carbocycles. The van der Waals surface area contributed by atoms with Gasteiger partial charge in [0.1, 0.15) is 11.4 Å². The van der Waals surface area contributed by atoms with Crippen molar-refractivity contribution in [2.45, 2.75) is 6.54 Å². The minimum Gasteiger partial charge on any atom is -0.382 e. The molecule has 0 aliphatic rings. The minimum atomic E-state index is -0.318. The van der Waals surface area contributed by atoms with Crippen LogP contribution in [0.2, 0.25) is 0 Å². The Bertz CT molecular complexity index is 880. The van der Waals surface area contributed by atoms with Crippen molar-refractivity contribution < 1.29 is 0 Å². The van der Waals surface area contributed by atoms with Gasteiger partial charge in [-0.2, -0.15) is 0 Å². The lowest BCUT2D eigenvalue weighted by atomic mass is 10.2. The average Bonchev–Trinajstić information content (AvgIpc) is 2.99. The van der Waals surface area contributed by atoms with Crippen molar-refractivity contribution in [1.82, 2.24) is 19.9 Å². The Morgan fingerprint density at radius 1 is 1.41 bits per heavy atom. The molecule has 0 atom stereocenters. The van der Waals surface area contributed by atoms with Crippen molar-refractivity contribution in [2.24, 2.45) is 0 Å². The van der Waals surface area contributed by atoms with Gasteiger partial charge in [-0.3, -0.25) is 9.78 Å². The minimum absolute atomic E-state index is 0.276. The summed E-state index contributed by atoms with van der Waals surface area (Å²) < 4.78 is 0. The fourth-order valence-corrected chi connectivity index (χ4v) is 2.19. The van der Waals surface area contributed by atoms with Gasteiger partial charge in [-0.15, -0.1) is 0 Å². The van der Waals surface area contributed by atoms with Crippen LogP contribution in [0, 0.1) is 5.41 Å². The number of nitrogens with one attached hydrogen (secondary N) is 5. The van der Waals surface area contributed by atoms with Gasteiger partial charge in [0.25, 0.3) is 5.56 Å². The number of hydrogen-bond acceptors (Lipinski definition) is 6. The number of aromatic amines is 2. The monoisotopic (exact) mass is 297 g/mol. The predicted molar refractivity (Wildman–Crippen MR) is 85.7 cm³/mol. The molecule has 0 amide bonds. The second kappa shape index (κ2) is 5.68. The zero-order chi connectivity index (χ0) is 15.5. The molecule has 1 aromatic carbocycles. The first-order valence-corrected chi connectivity index (χ1v) is 6.69. The van der Waals surface area contributed by atoms with Crippen molar-refractivity contribution >= 4 is 28.9 Å². The molecule has 8 nitrogen and oxygen atoms in total. The summed E-state index contributed by atoms with van der Waals surface area (Å²) in [5, 5.41) is 13.1. The van der Waals surface area contributed by atoms with Crippen LogP contribution in [0.25, 0.3) is 11.0 Å². The fraction of sp³-hybridized carbons (Fsp3) is 0.143. The summed E-state index contributed by atoms with van der Waals surface area (Å²) in [6, 6.07) is 5.87. The number of H-pyrrole nitrogens is 2. The fourth-order valence-electron chi connectivity index (χ4n) is 2.19. The van der Waals surface area contributed by atoms with Crippen molar-refractivity contribution in [3.63, 3.8) is 0 Å². The quantitative estimate of drug-likeness (QED) is 0.454. The second-order valence-electron chi connectivity index (χ2n) is 4.68. The van der Waals surface area contributed by atoms with E-state index in [9.17, 15) is 4.79 Å². The maximum absolute atomic E-state index is 11.9. The van der Waals surface area contributed by atoms with Gasteiger partial charge in [0.05, 0.1) is 17.4 Å². The maximum atomic E-state index is 11.9. The van der Waals surface area contributed by atoms with Crippen molar-refractivity contribution in [1.29, 1.82) is 5.41 Å². The van der Waals surface area contributed by atoms with Crippen molar-refractivity contribution in [3.05, 3.63) is 46.1 Å². The summed E-state index contributed by atoms with van der Waals surface area (Å²) in [5.41, 5.74) is 3.11. The number of hydrogen-bond donors (Lipinski definition) is 5. The van der Waals surface area contributed by atoms with Crippen LogP contribution < -0.4 is 16.2 Å². The van der Waals surface area contributed by atoms with Crippen LogP contribution in [0.15, 0.2) is 29.3 Å². The molecule has 8 heteroatoms. The van der Waals surface area contributed by atoms with Crippen molar-refractivity contribution in [3.8, 4) is 0 Å². The number of rotatable bonds is 5. The molecule has 3 rings (SSSR count). The molecule has 3 aromatic rings. The lowest BCUT2D eigenvalue weighted by Gasteiger charge is -2.08. The summed E-state index contributed by atoms with van der Waals surface area (Å²) >= 11 is 0. The van der Waals surface area contributed by atoms with Crippen molar-refractivity contribution in [2.75, 3.05) is 17.7 Å². The van der Waals surface area contributed by atoms with Gasteiger partial charge in [-0.1, -0.05) is 6.07 Å². The highest BCUT2D eigenvalue weighted by Gasteiger charge is 2.08. The topological polar surface area (TPSA) is 122 Å². The summed E-state index contributed by atoms with van der Waals surface area (Å²) in [4.78, 5) is 26.0. The van der Waals surface area contributed by atoms with Crippen LogP contribution in [-0.4, -0.2) is 33.2 Å². The molecule has 5 N–H and O–H groups in total. The molecule has 0 radical (unpaired) electrons. The van der Waals surface area contributed by atoms with Gasteiger partial charge in [0.15, 0.2) is 0 Å². The van der Waals surface area contributed by atoms with Crippen LogP contribution in [0.4, 0.5) is 11.6 Å². The van der Waals surface area contributed by atoms with E-state index in [0.717, 1.165) is 22.8 Å². The van der Waals surface area contributed by atoms with Crippen LogP contribution in [0.3, 0.4) is 0 Å². The molecule has 112 valence electrons. The Labute approximate surface area is 125 Å². The molecule has 0 bridgehead atoms. The summed E-state index contributed by atoms with van der Waals surface area (Å²) in [5.74, 6) is 0.324. The number of fused-ring (bicyclic) bond motifs is 1. The normalized spacial score (nSPS) is 10.6. The maximum Gasteiger partial charge on any atom is 0.276 e. The standard InChI is InChI=1S/C14H15N7O/c1-16-12-11(5-15)20-14(21-13(12)22)17-6-8-2-3-9-10(4-8)19-7-18-9/h2-5,7,15-16H,6H2,1H3,(H,18,19)(H2,17,20,21,22). The number of benzene rings is 1. The Morgan fingerprint density at radius 3 is 3.05 bits per heavy atom.